The Labute approximate surface area is 137 Å². The number of furan rings is 1. The first-order chi connectivity index (χ1) is 10.0. The minimum Gasteiger partial charge on any atom is -0.459 e. The smallest absolute Gasteiger partial charge is 0.134 e. The molecule has 3 rings (SSSR count). The van der Waals surface area contributed by atoms with E-state index < -0.39 is 0 Å². The van der Waals surface area contributed by atoms with Crippen molar-refractivity contribution in [3.8, 4) is 0 Å². The van der Waals surface area contributed by atoms with Crippen molar-refractivity contribution in [2.45, 2.75) is 19.9 Å². The molecule has 1 unspecified atom stereocenters. The number of benzene rings is 2. The van der Waals surface area contributed by atoms with Crippen LogP contribution in [-0.2, 0) is 0 Å². The molecule has 0 amide bonds. The number of fused-ring (bicyclic) bond motifs is 1. The highest BCUT2D eigenvalue weighted by Gasteiger charge is 2.12. The van der Waals surface area contributed by atoms with Gasteiger partial charge in [-0.05, 0) is 55.8 Å². The summed E-state index contributed by atoms with van der Waals surface area (Å²) in [6.45, 7) is 4.06. The van der Waals surface area contributed by atoms with Gasteiger partial charge in [-0.25, -0.2) is 0 Å². The van der Waals surface area contributed by atoms with E-state index in [2.05, 4.69) is 40.3 Å². The van der Waals surface area contributed by atoms with Crippen molar-refractivity contribution in [1.82, 2.24) is 0 Å². The molecular weight excluding hydrogens is 350 g/mol. The third-order valence-corrected chi connectivity index (χ3v) is 4.38. The molecule has 4 heteroatoms. The Balaban J connectivity index is 1.85. The number of rotatable bonds is 3. The van der Waals surface area contributed by atoms with Crippen LogP contribution in [0.25, 0.3) is 11.0 Å². The monoisotopic (exact) mass is 363 g/mol. The molecule has 1 N–H and O–H groups in total. The summed E-state index contributed by atoms with van der Waals surface area (Å²) in [5.41, 5.74) is 2.95. The highest BCUT2D eigenvalue weighted by Crippen LogP contribution is 2.29. The van der Waals surface area contributed by atoms with Crippen LogP contribution >= 0.6 is 27.5 Å². The Morgan fingerprint density at radius 1 is 1.14 bits per heavy atom. The molecule has 21 heavy (non-hydrogen) atoms. The zero-order valence-electron chi connectivity index (χ0n) is 11.8. The van der Waals surface area contributed by atoms with Gasteiger partial charge in [-0.2, -0.15) is 0 Å². The Morgan fingerprint density at radius 2 is 1.95 bits per heavy atom. The van der Waals surface area contributed by atoms with Gasteiger partial charge in [0.25, 0.3) is 0 Å². The van der Waals surface area contributed by atoms with Gasteiger partial charge in [0.15, 0.2) is 0 Å². The van der Waals surface area contributed by atoms with E-state index in [0.29, 0.717) is 0 Å². The molecule has 0 aliphatic heterocycles. The van der Waals surface area contributed by atoms with Crippen LogP contribution < -0.4 is 5.32 Å². The van der Waals surface area contributed by atoms with Gasteiger partial charge >= 0.3 is 0 Å². The van der Waals surface area contributed by atoms with Gasteiger partial charge in [0.05, 0.1) is 6.04 Å². The molecular formula is C17H15BrClNO. The van der Waals surface area contributed by atoms with Crippen LogP contribution in [0.2, 0.25) is 5.02 Å². The van der Waals surface area contributed by atoms with Crippen molar-refractivity contribution in [1.29, 1.82) is 0 Å². The summed E-state index contributed by atoms with van der Waals surface area (Å²) in [7, 11) is 0. The van der Waals surface area contributed by atoms with E-state index in [-0.39, 0.29) is 6.04 Å². The average Bonchev–Trinajstić information content (AvgIpc) is 2.86. The lowest BCUT2D eigenvalue weighted by atomic mass is 10.2. The molecule has 0 saturated heterocycles. The van der Waals surface area contributed by atoms with E-state index in [0.717, 1.165) is 37.5 Å². The van der Waals surface area contributed by atoms with Gasteiger partial charge in [-0.1, -0.05) is 33.6 Å². The van der Waals surface area contributed by atoms with Crippen LogP contribution in [0.15, 0.2) is 51.4 Å². The van der Waals surface area contributed by atoms with E-state index >= 15 is 0 Å². The molecule has 1 atom stereocenters. The molecule has 0 fully saturated rings. The lowest BCUT2D eigenvalue weighted by Crippen LogP contribution is -2.05. The fourth-order valence-electron chi connectivity index (χ4n) is 2.25. The molecule has 108 valence electrons. The maximum Gasteiger partial charge on any atom is 0.134 e. The normalized spacial score (nSPS) is 12.6. The third kappa shape index (κ3) is 3.09. The van der Waals surface area contributed by atoms with Gasteiger partial charge in [0.1, 0.15) is 11.3 Å². The summed E-state index contributed by atoms with van der Waals surface area (Å²) in [4.78, 5) is 0. The van der Waals surface area contributed by atoms with Crippen LogP contribution in [0.3, 0.4) is 0 Å². The Hall–Kier alpha value is -1.45. The van der Waals surface area contributed by atoms with E-state index in [1.54, 1.807) is 0 Å². The maximum atomic E-state index is 6.16. The molecule has 0 aliphatic carbocycles. The first kappa shape index (κ1) is 14.5. The molecule has 0 radical (unpaired) electrons. The second-order valence-electron chi connectivity index (χ2n) is 5.16. The van der Waals surface area contributed by atoms with Gasteiger partial charge in [-0.3, -0.25) is 0 Å². The second kappa shape index (κ2) is 5.74. The maximum absolute atomic E-state index is 6.16. The summed E-state index contributed by atoms with van der Waals surface area (Å²) in [6.07, 6.45) is 0. The predicted octanol–water partition coefficient (Wildman–Crippen LogP) is 6.33. The second-order valence-corrected chi connectivity index (χ2v) is 6.48. The van der Waals surface area contributed by atoms with Crippen molar-refractivity contribution in [3.05, 3.63) is 63.3 Å². The number of nitrogens with one attached hydrogen (secondary N) is 1. The third-order valence-electron chi connectivity index (χ3n) is 3.48. The quantitative estimate of drug-likeness (QED) is 0.587. The molecule has 0 spiro atoms. The first-order valence-corrected chi connectivity index (χ1v) is 7.92. The van der Waals surface area contributed by atoms with Gasteiger partial charge in [-0.15, -0.1) is 0 Å². The Bertz CT molecular complexity index is 797. The molecule has 2 nitrogen and oxygen atoms in total. The summed E-state index contributed by atoms with van der Waals surface area (Å²) in [5, 5.41) is 5.27. The number of halogens is 2. The van der Waals surface area contributed by atoms with Gasteiger partial charge in [0.2, 0.25) is 0 Å². The van der Waals surface area contributed by atoms with Crippen molar-refractivity contribution in [2.24, 2.45) is 0 Å². The minimum atomic E-state index is 0.0648. The summed E-state index contributed by atoms with van der Waals surface area (Å²) in [6, 6.07) is 14.1. The standard InChI is InChI=1S/C17H15BrClNO/c1-10-3-5-14(9-15(10)19)20-11(2)17-8-12-7-13(18)4-6-16(12)21-17/h3-9,11,20H,1-2H3. The van der Waals surface area contributed by atoms with Crippen molar-refractivity contribution in [2.75, 3.05) is 5.32 Å². The lowest BCUT2D eigenvalue weighted by Gasteiger charge is -2.13. The van der Waals surface area contributed by atoms with Crippen molar-refractivity contribution in [3.63, 3.8) is 0 Å². The van der Waals surface area contributed by atoms with Crippen molar-refractivity contribution < 1.29 is 4.42 Å². The van der Waals surface area contributed by atoms with Gasteiger partial charge in [0, 0.05) is 20.6 Å². The van der Waals surface area contributed by atoms with E-state index in [1.165, 1.54) is 0 Å². The van der Waals surface area contributed by atoms with E-state index in [1.807, 2.05) is 37.3 Å². The molecule has 0 saturated carbocycles. The van der Waals surface area contributed by atoms with Crippen LogP contribution in [0, 0.1) is 6.92 Å². The number of anilines is 1. The molecule has 1 aromatic heterocycles. The predicted molar refractivity (Wildman–Crippen MR) is 92.1 cm³/mol. The largest absolute Gasteiger partial charge is 0.459 e. The summed E-state index contributed by atoms with van der Waals surface area (Å²) < 4.78 is 6.94. The van der Waals surface area contributed by atoms with Crippen LogP contribution in [-0.4, -0.2) is 0 Å². The summed E-state index contributed by atoms with van der Waals surface area (Å²) >= 11 is 9.63. The number of hydrogen-bond acceptors (Lipinski definition) is 2. The average molecular weight is 365 g/mol. The number of hydrogen-bond donors (Lipinski definition) is 1. The summed E-state index contributed by atoms with van der Waals surface area (Å²) in [5.74, 6) is 0.903. The highest BCUT2D eigenvalue weighted by molar-refractivity contribution is 9.10. The molecule has 0 aliphatic rings. The Morgan fingerprint density at radius 3 is 2.71 bits per heavy atom. The lowest BCUT2D eigenvalue weighted by molar-refractivity contribution is 0.526. The topological polar surface area (TPSA) is 25.2 Å². The van der Waals surface area contributed by atoms with Crippen LogP contribution in [0.5, 0.6) is 0 Å². The molecule has 1 heterocycles. The number of aryl methyl sites for hydroxylation is 1. The fourth-order valence-corrected chi connectivity index (χ4v) is 2.81. The fraction of sp³-hybridized carbons (Fsp3) is 0.176. The zero-order valence-corrected chi connectivity index (χ0v) is 14.1. The molecule has 2 aromatic carbocycles. The van der Waals surface area contributed by atoms with Gasteiger partial charge < -0.3 is 9.73 Å². The van der Waals surface area contributed by atoms with E-state index in [4.69, 9.17) is 16.0 Å². The highest BCUT2D eigenvalue weighted by atomic mass is 79.9. The van der Waals surface area contributed by atoms with Crippen LogP contribution in [0.4, 0.5) is 5.69 Å². The minimum absolute atomic E-state index is 0.0648. The zero-order chi connectivity index (χ0) is 15.0. The molecule has 3 aromatic rings. The SMILES string of the molecule is Cc1ccc(NC(C)c2cc3cc(Br)ccc3o2)cc1Cl. The Kier molecular flexibility index (Phi) is 3.96. The van der Waals surface area contributed by atoms with Crippen LogP contribution in [0.1, 0.15) is 24.3 Å². The van der Waals surface area contributed by atoms with Crippen molar-refractivity contribution >= 4 is 44.2 Å². The molecule has 0 bridgehead atoms. The first-order valence-electron chi connectivity index (χ1n) is 6.74. The van der Waals surface area contributed by atoms with E-state index in [9.17, 15) is 0 Å².